The number of carboxylic acids is 1. The highest BCUT2D eigenvalue weighted by Crippen LogP contribution is 2.33. The predicted octanol–water partition coefficient (Wildman–Crippen LogP) is 2.63. The van der Waals surface area contributed by atoms with Crippen molar-refractivity contribution in [2.45, 2.75) is 18.9 Å². The number of hydrogen-bond donors (Lipinski definition) is 2. The van der Waals surface area contributed by atoms with Gasteiger partial charge in [0.25, 0.3) is 5.91 Å². The van der Waals surface area contributed by atoms with Gasteiger partial charge in [-0.1, -0.05) is 6.07 Å². The first-order chi connectivity index (χ1) is 9.54. The van der Waals surface area contributed by atoms with Crippen molar-refractivity contribution in [1.82, 2.24) is 5.32 Å². The molecule has 2 aromatic rings. The van der Waals surface area contributed by atoms with Gasteiger partial charge >= 0.3 is 5.97 Å². The van der Waals surface area contributed by atoms with Crippen molar-refractivity contribution in [2.24, 2.45) is 5.92 Å². The number of benzene rings is 1. The summed E-state index contributed by atoms with van der Waals surface area (Å²) in [4.78, 5) is 23.6. The second-order valence-electron chi connectivity index (χ2n) is 4.92. The standard InChI is InChI=1S/C14H12FNO3S/c15-9-4-3-8-5-11(20-10(8)6-9)13(17)16-12(14(18)19)7-1-2-7/h3-7,12H,1-2H2,(H,16,17)(H,18,19). The Balaban J connectivity index is 1.82. The van der Waals surface area contributed by atoms with Gasteiger partial charge in [0.15, 0.2) is 0 Å². The van der Waals surface area contributed by atoms with Crippen LogP contribution in [-0.2, 0) is 4.79 Å². The monoisotopic (exact) mass is 293 g/mol. The number of fused-ring (bicyclic) bond motifs is 1. The summed E-state index contributed by atoms with van der Waals surface area (Å²) in [6.07, 6.45) is 1.66. The van der Waals surface area contributed by atoms with Crippen LogP contribution in [0.3, 0.4) is 0 Å². The summed E-state index contributed by atoms with van der Waals surface area (Å²) >= 11 is 1.16. The average Bonchev–Trinajstić information content (AvgIpc) is 3.14. The predicted molar refractivity (Wildman–Crippen MR) is 73.4 cm³/mol. The smallest absolute Gasteiger partial charge is 0.326 e. The van der Waals surface area contributed by atoms with E-state index in [1.807, 2.05) is 0 Å². The fourth-order valence-electron chi connectivity index (χ4n) is 2.14. The SMILES string of the molecule is O=C(NC(C(=O)O)C1CC1)c1cc2ccc(F)cc2s1. The van der Waals surface area contributed by atoms with Crippen molar-refractivity contribution in [3.8, 4) is 0 Å². The van der Waals surface area contributed by atoms with Gasteiger partial charge in [-0.3, -0.25) is 4.79 Å². The molecule has 1 aromatic carbocycles. The minimum Gasteiger partial charge on any atom is -0.480 e. The van der Waals surface area contributed by atoms with E-state index in [-0.39, 0.29) is 11.7 Å². The fourth-order valence-corrected chi connectivity index (χ4v) is 3.13. The topological polar surface area (TPSA) is 66.4 Å². The van der Waals surface area contributed by atoms with Crippen LogP contribution in [0.2, 0.25) is 0 Å². The zero-order valence-electron chi connectivity index (χ0n) is 10.4. The second-order valence-corrected chi connectivity index (χ2v) is 6.00. The highest BCUT2D eigenvalue weighted by Gasteiger charge is 2.37. The second kappa shape index (κ2) is 4.86. The summed E-state index contributed by atoms with van der Waals surface area (Å²) in [6.45, 7) is 0. The lowest BCUT2D eigenvalue weighted by molar-refractivity contribution is -0.139. The van der Waals surface area contributed by atoms with Gasteiger partial charge in [-0.25, -0.2) is 9.18 Å². The first kappa shape index (κ1) is 13.1. The zero-order valence-corrected chi connectivity index (χ0v) is 11.2. The van der Waals surface area contributed by atoms with E-state index in [0.29, 0.717) is 9.58 Å². The average molecular weight is 293 g/mol. The Morgan fingerprint density at radius 2 is 2.10 bits per heavy atom. The lowest BCUT2D eigenvalue weighted by Gasteiger charge is -2.12. The summed E-state index contributed by atoms with van der Waals surface area (Å²) in [5.41, 5.74) is 0. The molecule has 1 aliphatic rings. The van der Waals surface area contributed by atoms with Crippen molar-refractivity contribution in [3.63, 3.8) is 0 Å². The molecule has 1 heterocycles. The van der Waals surface area contributed by atoms with E-state index in [2.05, 4.69) is 5.32 Å². The quantitative estimate of drug-likeness (QED) is 0.910. The molecule has 0 saturated heterocycles. The zero-order chi connectivity index (χ0) is 14.3. The van der Waals surface area contributed by atoms with Gasteiger partial charge in [-0.05, 0) is 42.3 Å². The Morgan fingerprint density at radius 1 is 1.35 bits per heavy atom. The first-order valence-electron chi connectivity index (χ1n) is 6.27. The number of thiophene rings is 1. The Kier molecular flexibility index (Phi) is 3.17. The van der Waals surface area contributed by atoms with E-state index in [9.17, 15) is 14.0 Å². The lowest BCUT2D eigenvalue weighted by Crippen LogP contribution is -2.42. The van der Waals surface area contributed by atoms with E-state index in [0.717, 1.165) is 29.6 Å². The van der Waals surface area contributed by atoms with E-state index >= 15 is 0 Å². The van der Waals surface area contributed by atoms with E-state index in [1.54, 1.807) is 12.1 Å². The Bertz CT molecular complexity index is 693. The number of carbonyl (C=O) groups excluding carboxylic acids is 1. The van der Waals surface area contributed by atoms with Gasteiger partial charge in [-0.15, -0.1) is 11.3 Å². The number of hydrogen-bond acceptors (Lipinski definition) is 3. The fraction of sp³-hybridized carbons (Fsp3) is 0.286. The van der Waals surface area contributed by atoms with Crippen molar-refractivity contribution in [2.75, 3.05) is 0 Å². The van der Waals surface area contributed by atoms with Crippen LogP contribution in [0.4, 0.5) is 4.39 Å². The molecule has 3 rings (SSSR count). The first-order valence-corrected chi connectivity index (χ1v) is 7.09. The van der Waals surface area contributed by atoms with Crippen molar-refractivity contribution < 1.29 is 19.1 Å². The molecule has 4 nitrogen and oxygen atoms in total. The molecule has 0 bridgehead atoms. The number of halogens is 1. The lowest BCUT2D eigenvalue weighted by atomic mass is 10.2. The third-order valence-corrected chi connectivity index (χ3v) is 4.45. The molecule has 0 spiro atoms. The summed E-state index contributed by atoms with van der Waals surface area (Å²) in [5, 5.41) is 12.4. The third-order valence-electron chi connectivity index (χ3n) is 3.35. The van der Waals surface area contributed by atoms with Gasteiger partial charge in [0, 0.05) is 4.70 Å². The highest BCUT2D eigenvalue weighted by atomic mass is 32.1. The van der Waals surface area contributed by atoms with Crippen molar-refractivity contribution in [1.29, 1.82) is 0 Å². The van der Waals surface area contributed by atoms with Crippen molar-refractivity contribution >= 4 is 33.3 Å². The molecule has 2 N–H and O–H groups in total. The number of nitrogens with one attached hydrogen (secondary N) is 1. The summed E-state index contributed by atoms with van der Waals surface area (Å²) in [5.74, 6) is -1.74. The van der Waals surface area contributed by atoms with Crippen LogP contribution in [-0.4, -0.2) is 23.0 Å². The molecule has 1 saturated carbocycles. The van der Waals surface area contributed by atoms with E-state index in [4.69, 9.17) is 5.11 Å². The van der Waals surface area contributed by atoms with Gasteiger partial charge in [0.05, 0.1) is 4.88 Å². The molecule has 1 aromatic heterocycles. The van der Waals surface area contributed by atoms with Gasteiger partial charge in [0.1, 0.15) is 11.9 Å². The molecule has 1 aliphatic carbocycles. The van der Waals surface area contributed by atoms with Crippen LogP contribution in [0.5, 0.6) is 0 Å². The van der Waals surface area contributed by atoms with E-state index < -0.39 is 17.9 Å². The molecule has 1 unspecified atom stereocenters. The number of amides is 1. The van der Waals surface area contributed by atoms with Crippen molar-refractivity contribution in [3.05, 3.63) is 35.0 Å². The third kappa shape index (κ3) is 2.51. The Labute approximate surface area is 118 Å². The molecule has 104 valence electrons. The molecular formula is C14H12FNO3S. The number of aliphatic carboxylic acids is 1. The highest BCUT2D eigenvalue weighted by molar-refractivity contribution is 7.20. The van der Waals surface area contributed by atoms with Crippen LogP contribution >= 0.6 is 11.3 Å². The largest absolute Gasteiger partial charge is 0.480 e. The summed E-state index contributed by atoms with van der Waals surface area (Å²) in [7, 11) is 0. The number of carbonyl (C=O) groups is 2. The molecule has 20 heavy (non-hydrogen) atoms. The molecule has 1 atom stereocenters. The molecule has 1 amide bonds. The van der Waals surface area contributed by atoms with Gasteiger partial charge in [0.2, 0.25) is 0 Å². The maximum absolute atomic E-state index is 13.1. The normalized spacial score (nSPS) is 16.1. The molecule has 6 heteroatoms. The van der Waals surface area contributed by atoms with Gasteiger partial charge < -0.3 is 10.4 Å². The molecular weight excluding hydrogens is 281 g/mol. The van der Waals surface area contributed by atoms with E-state index in [1.165, 1.54) is 12.1 Å². The van der Waals surface area contributed by atoms with Crippen LogP contribution in [0.25, 0.3) is 10.1 Å². The van der Waals surface area contributed by atoms with Crippen LogP contribution in [0, 0.1) is 11.7 Å². The number of rotatable bonds is 4. The van der Waals surface area contributed by atoms with Crippen LogP contribution in [0.15, 0.2) is 24.3 Å². The summed E-state index contributed by atoms with van der Waals surface area (Å²) < 4.78 is 13.8. The Hall–Kier alpha value is -1.95. The molecule has 0 radical (unpaired) electrons. The number of carboxylic acid groups (broad SMARTS) is 1. The van der Waals surface area contributed by atoms with Crippen LogP contribution < -0.4 is 5.32 Å². The maximum Gasteiger partial charge on any atom is 0.326 e. The molecule has 1 fully saturated rings. The molecule has 0 aliphatic heterocycles. The minimum atomic E-state index is -1.01. The summed E-state index contributed by atoms with van der Waals surface area (Å²) in [6, 6.07) is 5.13. The minimum absolute atomic E-state index is 0.0308. The maximum atomic E-state index is 13.1. The Morgan fingerprint density at radius 3 is 2.75 bits per heavy atom. The van der Waals surface area contributed by atoms with Crippen LogP contribution in [0.1, 0.15) is 22.5 Å². The van der Waals surface area contributed by atoms with Gasteiger partial charge in [-0.2, -0.15) is 0 Å².